The van der Waals surface area contributed by atoms with E-state index in [1.807, 2.05) is 12.1 Å². The normalized spacial score (nSPS) is 15.2. The number of carbonyl (C=O) groups excluding carboxylic acids is 1. The van der Waals surface area contributed by atoms with Crippen molar-refractivity contribution < 1.29 is 9.53 Å². The number of ether oxygens (including phenoxy) is 1. The number of thiazole rings is 1. The molecule has 1 aliphatic rings. The van der Waals surface area contributed by atoms with Gasteiger partial charge in [-0.2, -0.15) is 0 Å². The quantitative estimate of drug-likeness (QED) is 0.837. The minimum Gasteiger partial charge on any atom is -0.378 e. The molecule has 0 bridgehead atoms. The number of morpholine rings is 1. The van der Waals surface area contributed by atoms with Crippen LogP contribution in [0.1, 0.15) is 9.67 Å². The Morgan fingerprint density at radius 2 is 2.05 bits per heavy atom. The number of aromatic nitrogens is 1. The van der Waals surface area contributed by atoms with E-state index in [1.54, 1.807) is 17.2 Å². The highest BCUT2D eigenvalue weighted by atomic mass is 35.5. The molecule has 1 aromatic heterocycles. The first-order chi connectivity index (χ1) is 10.2. The Bertz CT molecular complexity index is 669. The van der Waals surface area contributed by atoms with Crippen LogP contribution in [0.3, 0.4) is 0 Å². The van der Waals surface area contributed by atoms with Crippen LogP contribution in [0.4, 0.5) is 0 Å². The molecule has 110 valence electrons. The fraction of sp³-hybridized carbons (Fsp3) is 0.286. The zero-order valence-corrected chi connectivity index (χ0v) is 13.3. The zero-order valence-electron chi connectivity index (χ0n) is 11.0. The van der Waals surface area contributed by atoms with E-state index in [9.17, 15) is 4.79 Å². The standard InChI is InChI=1S/C14H12Cl2N2O2S/c15-10-3-1-2-9(12(10)16)13-17-8-11(21-13)14(19)18-4-6-20-7-5-18/h1-3,8H,4-7H2. The summed E-state index contributed by atoms with van der Waals surface area (Å²) < 4.78 is 5.25. The lowest BCUT2D eigenvalue weighted by Crippen LogP contribution is -2.40. The Balaban J connectivity index is 1.86. The van der Waals surface area contributed by atoms with Crippen molar-refractivity contribution in [1.82, 2.24) is 9.88 Å². The molecule has 0 aliphatic carbocycles. The zero-order chi connectivity index (χ0) is 14.8. The van der Waals surface area contributed by atoms with Crippen LogP contribution < -0.4 is 0 Å². The number of carbonyl (C=O) groups is 1. The molecule has 0 spiro atoms. The van der Waals surface area contributed by atoms with Crippen molar-refractivity contribution in [2.75, 3.05) is 26.3 Å². The van der Waals surface area contributed by atoms with Gasteiger partial charge in [-0.15, -0.1) is 11.3 Å². The number of benzene rings is 1. The second-order valence-corrected chi connectivity index (χ2v) is 6.35. The van der Waals surface area contributed by atoms with Crippen LogP contribution in [0.2, 0.25) is 10.0 Å². The summed E-state index contributed by atoms with van der Waals surface area (Å²) in [6.45, 7) is 2.39. The first kappa shape index (κ1) is 14.8. The van der Waals surface area contributed by atoms with Crippen LogP contribution in [0.15, 0.2) is 24.4 Å². The van der Waals surface area contributed by atoms with Crippen molar-refractivity contribution in [2.45, 2.75) is 0 Å². The molecule has 0 N–H and O–H groups in total. The average Bonchev–Trinajstić information content (AvgIpc) is 3.00. The summed E-state index contributed by atoms with van der Waals surface area (Å²) in [5.41, 5.74) is 0.746. The summed E-state index contributed by atoms with van der Waals surface area (Å²) in [5, 5.41) is 1.63. The van der Waals surface area contributed by atoms with Crippen LogP contribution in [0, 0.1) is 0 Å². The van der Waals surface area contributed by atoms with Gasteiger partial charge in [0.15, 0.2) is 0 Å². The first-order valence-electron chi connectivity index (χ1n) is 6.44. The lowest BCUT2D eigenvalue weighted by Gasteiger charge is -2.26. The third kappa shape index (κ3) is 3.06. The molecule has 21 heavy (non-hydrogen) atoms. The third-order valence-electron chi connectivity index (χ3n) is 3.20. The number of halogens is 2. The monoisotopic (exact) mass is 342 g/mol. The molecule has 7 heteroatoms. The smallest absolute Gasteiger partial charge is 0.265 e. The van der Waals surface area contributed by atoms with E-state index in [0.717, 1.165) is 5.56 Å². The summed E-state index contributed by atoms with van der Waals surface area (Å²) in [6, 6.07) is 5.38. The van der Waals surface area contributed by atoms with Gasteiger partial charge in [-0.05, 0) is 6.07 Å². The number of hydrogen-bond acceptors (Lipinski definition) is 4. The van der Waals surface area contributed by atoms with E-state index >= 15 is 0 Å². The van der Waals surface area contributed by atoms with E-state index in [-0.39, 0.29) is 5.91 Å². The van der Waals surface area contributed by atoms with Crippen LogP contribution in [-0.2, 0) is 4.74 Å². The molecule has 2 heterocycles. The Hall–Kier alpha value is -1.14. The minimum absolute atomic E-state index is 0.0137. The van der Waals surface area contributed by atoms with Gasteiger partial charge in [-0.25, -0.2) is 4.98 Å². The molecule has 0 atom stereocenters. The molecule has 1 saturated heterocycles. The molecule has 3 rings (SSSR count). The van der Waals surface area contributed by atoms with Gasteiger partial charge < -0.3 is 9.64 Å². The fourth-order valence-corrected chi connectivity index (χ4v) is 3.45. The van der Waals surface area contributed by atoms with Crippen LogP contribution in [0.5, 0.6) is 0 Å². The molecule has 0 radical (unpaired) electrons. The van der Waals surface area contributed by atoms with Gasteiger partial charge in [0.05, 0.1) is 29.5 Å². The first-order valence-corrected chi connectivity index (χ1v) is 8.01. The second-order valence-electron chi connectivity index (χ2n) is 4.54. The van der Waals surface area contributed by atoms with E-state index < -0.39 is 0 Å². The molecular formula is C14H12Cl2N2O2S. The molecule has 0 unspecified atom stereocenters. The number of rotatable bonds is 2. The fourth-order valence-electron chi connectivity index (χ4n) is 2.09. The van der Waals surface area contributed by atoms with Crippen molar-refractivity contribution in [2.24, 2.45) is 0 Å². The molecule has 1 aromatic carbocycles. The van der Waals surface area contributed by atoms with Crippen LogP contribution >= 0.6 is 34.5 Å². The van der Waals surface area contributed by atoms with Crippen molar-refractivity contribution in [3.05, 3.63) is 39.3 Å². The van der Waals surface area contributed by atoms with Gasteiger partial charge in [-0.1, -0.05) is 35.3 Å². The third-order valence-corrected chi connectivity index (χ3v) is 5.03. The SMILES string of the molecule is O=C(c1cnc(-c2cccc(Cl)c2Cl)s1)N1CCOCC1. The number of nitrogens with zero attached hydrogens (tertiary/aromatic N) is 2. The van der Waals surface area contributed by atoms with Gasteiger partial charge in [-0.3, -0.25) is 4.79 Å². The van der Waals surface area contributed by atoms with E-state index in [2.05, 4.69) is 4.98 Å². The summed E-state index contributed by atoms with van der Waals surface area (Å²) >= 11 is 13.5. The lowest BCUT2D eigenvalue weighted by molar-refractivity contribution is 0.0306. The van der Waals surface area contributed by atoms with Gasteiger partial charge in [0.1, 0.15) is 9.88 Å². The highest BCUT2D eigenvalue weighted by Crippen LogP contribution is 2.35. The summed E-state index contributed by atoms with van der Waals surface area (Å²) in [7, 11) is 0. The highest BCUT2D eigenvalue weighted by Gasteiger charge is 2.21. The van der Waals surface area contributed by atoms with Gasteiger partial charge in [0.2, 0.25) is 0 Å². The van der Waals surface area contributed by atoms with Gasteiger partial charge in [0.25, 0.3) is 5.91 Å². The van der Waals surface area contributed by atoms with Crippen LogP contribution in [0.25, 0.3) is 10.6 Å². The average molecular weight is 343 g/mol. The van der Waals surface area contributed by atoms with Crippen molar-refractivity contribution >= 4 is 40.4 Å². The minimum atomic E-state index is -0.0137. The molecule has 1 fully saturated rings. The summed E-state index contributed by atoms with van der Waals surface area (Å²) in [5.74, 6) is -0.0137. The van der Waals surface area contributed by atoms with E-state index in [0.29, 0.717) is 46.2 Å². The Kier molecular flexibility index (Phi) is 4.45. The molecule has 1 amide bonds. The van der Waals surface area contributed by atoms with Gasteiger partial charge >= 0.3 is 0 Å². The predicted molar refractivity (Wildman–Crippen MR) is 84.3 cm³/mol. The second kappa shape index (κ2) is 6.32. The summed E-state index contributed by atoms with van der Waals surface area (Å²) in [6.07, 6.45) is 1.59. The topological polar surface area (TPSA) is 42.4 Å². The maximum atomic E-state index is 12.4. The highest BCUT2D eigenvalue weighted by molar-refractivity contribution is 7.17. The Morgan fingerprint density at radius 1 is 1.29 bits per heavy atom. The predicted octanol–water partition coefficient (Wildman–Crippen LogP) is 3.59. The molecule has 1 aliphatic heterocycles. The maximum Gasteiger partial charge on any atom is 0.265 e. The number of amides is 1. The van der Waals surface area contributed by atoms with Crippen LogP contribution in [-0.4, -0.2) is 42.1 Å². The van der Waals surface area contributed by atoms with E-state index in [1.165, 1.54) is 11.3 Å². The lowest BCUT2D eigenvalue weighted by atomic mass is 10.2. The molecule has 4 nitrogen and oxygen atoms in total. The van der Waals surface area contributed by atoms with E-state index in [4.69, 9.17) is 27.9 Å². The molecule has 2 aromatic rings. The molecule has 0 saturated carbocycles. The number of hydrogen-bond donors (Lipinski definition) is 0. The van der Waals surface area contributed by atoms with Crippen molar-refractivity contribution in [1.29, 1.82) is 0 Å². The maximum absolute atomic E-state index is 12.4. The van der Waals surface area contributed by atoms with Crippen molar-refractivity contribution in [3.63, 3.8) is 0 Å². The Labute approximate surface area is 136 Å². The molecular weight excluding hydrogens is 331 g/mol. The Morgan fingerprint density at radius 3 is 2.81 bits per heavy atom. The largest absolute Gasteiger partial charge is 0.378 e. The van der Waals surface area contributed by atoms with Crippen molar-refractivity contribution in [3.8, 4) is 10.6 Å². The van der Waals surface area contributed by atoms with Gasteiger partial charge in [0, 0.05) is 18.7 Å². The summed E-state index contributed by atoms with van der Waals surface area (Å²) in [4.78, 5) is 19.1.